The fourth-order valence-corrected chi connectivity index (χ4v) is 0.947. The smallest absolute Gasteiger partial charge is 0.0576 e. The SMILES string of the molecule is C=C1C=CC=C(C)N1/N=C\C. The molecule has 0 aliphatic carbocycles. The van der Waals surface area contributed by atoms with Gasteiger partial charge in [-0.25, -0.2) is 5.01 Å². The first-order chi connectivity index (χ1) is 5.25. The van der Waals surface area contributed by atoms with Gasteiger partial charge in [-0.3, -0.25) is 0 Å². The van der Waals surface area contributed by atoms with Crippen molar-refractivity contribution in [1.29, 1.82) is 0 Å². The Morgan fingerprint density at radius 1 is 1.64 bits per heavy atom. The quantitative estimate of drug-likeness (QED) is 0.521. The third-order valence-electron chi connectivity index (χ3n) is 1.46. The van der Waals surface area contributed by atoms with Gasteiger partial charge in [0.25, 0.3) is 0 Å². The van der Waals surface area contributed by atoms with Crippen molar-refractivity contribution in [3.05, 3.63) is 36.2 Å². The van der Waals surface area contributed by atoms with Crippen molar-refractivity contribution in [2.45, 2.75) is 13.8 Å². The lowest BCUT2D eigenvalue weighted by Gasteiger charge is -2.21. The summed E-state index contributed by atoms with van der Waals surface area (Å²) in [4.78, 5) is 0. The third kappa shape index (κ3) is 1.58. The third-order valence-corrected chi connectivity index (χ3v) is 1.46. The van der Waals surface area contributed by atoms with E-state index in [1.165, 1.54) is 0 Å². The second-order valence-electron chi connectivity index (χ2n) is 2.34. The fraction of sp³-hybridized carbons (Fsp3) is 0.222. The first-order valence-electron chi connectivity index (χ1n) is 3.58. The van der Waals surface area contributed by atoms with Crippen LogP contribution in [0.2, 0.25) is 0 Å². The summed E-state index contributed by atoms with van der Waals surface area (Å²) in [5.74, 6) is 0. The molecule has 0 spiro atoms. The summed E-state index contributed by atoms with van der Waals surface area (Å²) in [5.41, 5.74) is 2.00. The van der Waals surface area contributed by atoms with Crippen molar-refractivity contribution >= 4 is 6.21 Å². The van der Waals surface area contributed by atoms with Gasteiger partial charge in [0.1, 0.15) is 0 Å². The molecule has 0 radical (unpaired) electrons. The van der Waals surface area contributed by atoms with E-state index < -0.39 is 0 Å². The second kappa shape index (κ2) is 3.19. The summed E-state index contributed by atoms with van der Waals surface area (Å²) in [5, 5.41) is 5.94. The number of rotatable bonds is 1. The molecule has 0 atom stereocenters. The maximum absolute atomic E-state index is 4.13. The van der Waals surface area contributed by atoms with Crippen molar-refractivity contribution in [2.24, 2.45) is 5.10 Å². The normalized spacial score (nSPS) is 17.8. The van der Waals surface area contributed by atoms with Gasteiger partial charge in [0.2, 0.25) is 0 Å². The lowest BCUT2D eigenvalue weighted by Crippen LogP contribution is -2.14. The molecule has 2 heteroatoms. The van der Waals surface area contributed by atoms with E-state index in [0.29, 0.717) is 0 Å². The van der Waals surface area contributed by atoms with Gasteiger partial charge in [-0.1, -0.05) is 12.7 Å². The van der Waals surface area contributed by atoms with E-state index >= 15 is 0 Å². The Labute approximate surface area is 67.2 Å². The van der Waals surface area contributed by atoms with Crippen molar-refractivity contribution in [1.82, 2.24) is 5.01 Å². The lowest BCUT2D eigenvalue weighted by atomic mass is 10.2. The number of allylic oxidation sites excluding steroid dienone is 4. The summed E-state index contributed by atoms with van der Waals surface area (Å²) >= 11 is 0. The second-order valence-corrected chi connectivity index (χ2v) is 2.34. The Morgan fingerprint density at radius 3 is 2.91 bits per heavy atom. The summed E-state index contributed by atoms with van der Waals surface area (Å²) in [6.07, 6.45) is 7.66. The molecule has 11 heavy (non-hydrogen) atoms. The highest BCUT2D eigenvalue weighted by molar-refractivity contribution is 5.53. The van der Waals surface area contributed by atoms with Crippen LogP contribution in [0.15, 0.2) is 41.3 Å². The molecule has 58 valence electrons. The van der Waals surface area contributed by atoms with E-state index in [2.05, 4.69) is 11.7 Å². The van der Waals surface area contributed by atoms with E-state index in [0.717, 1.165) is 11.4 Å². The highest BCUT2D eigenvalue weighted by atomic mass is 15.5. The number of hydrogen-bond acceptors (Lipinski definition) is 2. The molecule has 0 unspecified atom stereocenters. The molecule has 1 rings (SSSR count). The van der Waals surface area contributed by atoms with Crippen LogP contribution >= 0.6 is 0 Å². The zero-order valence-corrected chi connectivity index (χ0v) is 6.91. The molecule has 0 saturated heterocycles. The molecule has 2 nitrogen and oxygen atoms in total. The van der Waals surface area contributed by atoms with Gasteiger partial charge < -0.3 is 0 Å². The van der Waals surface area contributed by atoms with E-state index in [4.69, 9.17) is 0 Å². The molecular formula is C9H12N2. The van der Waals surface area contributed by atoms with Gasteiger partial charge in [0.15, 0.2) is 0 Å². The number of hydrazone groups is 1. The van der Waals surface area contributed by atoms with Crippen LogP contribution in [0.3, 0.4) is 0 Å². The fourth-order valence-electron chi connectivity index (χ4n) is 0.947. The molecule has 0 N–H and O–H groups in total. The summed E-state index contributed by atoms with van der Waals surface area (Å²) < 4.78 is 0. The average molecular weight is 148 g/mol. The molecule has 0 fully saturated rings. The molecular weight excluding hydrogens is 136 g/mol. The van der Waals surface area contributed by atoms with Gasteiger partial charge >= 0.3 is 0 Å². The molecule has 1 heterocycles. The van der Waals surface area contributed by atoms with Crippen LogP contribution in [0.4, 0.5) is 0 Å². The summed E-state index contributed by atoms with van der Waals surface area (Å²) in [6.45, 7) is 7.74. The van der Waals surface area contributed by atoms with Gasteiger partial charge in [-0.15, -0.1) is 0 Å². The topological polar surface area (TPSA) is 15.6 Å². The minimum Gasteiger partial charge on any atom is -0.239 e. The predicted octanol–water partition coefficient (Wildman–Crippen LogP) is 2.28. The highest BCUT2D eigenvalue weighted by Crippen LogP contribution is 2.16. The zero-order chi connectivity index (χ0) is 8.27. The summed E-state index contributed by atoms with van der Waals surface area (Å²) in [7, 11) is 0. The summed E-state index contributed by atoms with van der Waals surface area (Å²) in [6, 6.07) is 0. The van der Waals surface area contributed by atoms with Crippen molar-refractivity contribution in [2.75, 3.05) is 0 Å². The van der Waals surface area contributed by atoms with E-state index in [-0.39, 0.29) is 0 Å². The monoisotopic (exact) mass is 148 g/mol. The van der Waals surface area contributed by atoms with Crippen LogP contribution in [0.1, 0.15) is 13.8 Å². The minimum absolute atomic E-state index is 0.906. The first kappa shape index (κ1) is 7.79. The Morgan fingerprint density at radius 2 is 2.36 bits per heavy atom. The molecule has 0 saturated carbocycles. The molecule has 0 bridgehead atoms. The number of hydrogen-bond donors (Lipinski definition) is 0. The van der Waals surface area contributed by atoms with E-state index in [9.17, 15) is 0 Å². The Hall–Kier alpha value is -1.31. The predicted molar refractivity (Wildman–Crippen MR) is 48.0 cm³/mol. The first-order valence-corrected chi connectivity index (χ1v) is 3.58. The maximum Gasteiger partial charge on any atom is 0.0576 e. The van der Waals surface area contributed by atoms with Crippen molar-refractivity contribution in [3.63, 3.8) is 0 Å². The van der Waals surface area contributed by atoms with Crippen LogP contribution < -0.4 is 0 Å². The molecule has 1 aliphatic rings. The molecule has 1 aliphatic heterocycles. The van der Waals surface area contributed by atoms with Crippen LogP contribution in [0, 0.1) is 0 Å². The standard InChI is InChI=1S/C9H12N2/c1-4-10-11-8(2)6-5-7-9(11)3/h4-7H,2H2,1,3H3/b10-4-. The zero-order valence-electron chi connectivity index (χ0n) is 6.91. The Balaban J connectivity index is 2.86. The van der Waals surface area contributed by atoms with E-state index in [1.54, 1.807) is 11.2 Å². The maximum atomic E-state index is 4.13. The average Bonchev–Trinajstić information content (AvgIpc) is 1.97. The largest absolute Gasteiger partial charge is 0.239 e. The van der Waals surface area contributed by atoms with Gasteiger partial charge in [0, 0.05) is 11.9 Å². The van der Waals surface area contributed by atoms with Gasteiger partial charge in [-0.2, -0.15) is 5.10 Å². The molecule has 0 amide bonds. The van der Waals surface area contributed by atoms with Crippen molar-refractivity contribution < 1.29 is 0 Å². The van der Waals surface area contributed by atoms with Crippen LogP contribution in [-0.4, -0.2) is 11.2 Å². The van der Waals surface area contributed by atoms with Gasteiger partial charge in [-0.05, 0) is 26.0 Å². The number of nitrogens with zero attached hydrogens (tertiary/aromatic N) is 2. The van der Waals surface area contributed by atoms with Crippen LogP contribution in [0.25, 0.3) is 0 Å². The Bertz CT molecular complexity index is 246. The van der Waals surface area contributed by atoms with Crippen LogP contribution in [0.5, 0.6) is 0 Å². The molecule has 0 aromatic carbocycles. The molecule has 0 aromatic heterocycles. The minimum atomic E-state index is 0.906. The lowest BCUT2D eigenvalue weighted by molar-refractivity contribution is 0.470. The Kier molecular flexibility index (Phi) is 2.26. The van der Waals surface area contributed by atoms with Crippen molar-refractivity contribution in [3.8, 4) is 0 Å². The van der Waals surface area contributed by atoms with Gasteiger partial charge in [0.05, 0.1) is 5.70 Å². The van der Waals surface area contributed by atoms with Crippen LogP contribution in [-0.2, 0) is 0 Å². The molecule has 0 aromatic rings. The highest BCUT2D eigenvalue weighted by Gasteiger charge is 2.06. The van der Waals surface area contributed by atoms with E-state index in [1.807, 2.05) is 32.1 Å².